The summed E-state index contributed by atoms with van der Waals surface area (Å²) >= 11 is 0. The van der Waals surface area contributed by atoms with Gasteiger partial charge in [-0.2, -0.15) is 0 Å². The SMILES string of the molecule is CCc1ccc(S(=O)(=O)N[C@@H]2c3cc(C(=O)N(CC)c4cc(F)ccc4F)cnc3OC(C)(C)[C@H]2O)cc1. The summed E-state index contributed by atoms with van der Waals surface area (Å²) in [5.74, 6) is -2.15. The Morgan fingerprint density at radius 3 is 2.45 bits per heavy atom. The van der Waals surface area contributed by atoms with Crippen LogP contribution in [0.1, 0.15) is 55.2 Å². The molecule has 2 heterocycles. The van der Waals surface area contributed by atoms with Gasteiger partial charge in [0.15, 0.2) is 0 Å². The number of pyridine rings is 1. The second-order valence-corrected chi connectivity index (χ2v) is 11.2. The minimum absolute atomic E-state index is 0.00618. The Labute approximate surface area is 220 Å². The number of aryl methyl sites for hydroxylation is 1. The number of carbonyl (C=O) groups is 1. The molecule has 8 nitrogen and oxygen atoms in total. The Hall–Kier alpha value is -3.41. The van der Waals surface area contributed by atoms with E-state index in [1.807, 2.05) is 6.92 Å². The van der Waals surface area contributed by atoms with Crippen LogP contribution in [0.3, 0.4) is 0 Å². The maximum absolute atomic E-state index is 14.4. The van der Waals surface area contributed by atoms with Gasteiger partial charge in [-0.1, -0.05) is 19.1 Å². The van der Waals surface area contributed by atoms with E-state index in [1.165, 1.54) is 24.4 Å². The quantitative estimate of drug-likeness (QED) is 0.462. The first kappa shape index (κ1) is 27.6. The van der Waals surface area contributed by atoms with Crippen molar-refractivity contribution in [3.05, 3.63) is 83.1 Å². The van der Waals surface area contributed by atoms with Crippen molar-refractivity contribution in [1.29, 1.82) is 0 Å². The second kappa shape index (κ2) is 10.4. The highest BCUT2D eigenvalue weighted by atomic mass is 32.2. The summed E-state index contributed by atoms with van der Waals surface area (Å²) in [5.41, 5.74) is -0.400. The number of nitrogens with zero attached hydrogens (tertiary/aromatic N) is 2. The van der Waals surface area contributed by atoms with Crippen molar-refractivity contribution in [3.63, 3.8) is 0 Å². The molecule has 3 aromatic rings. The summed E-state index contributed by atoms with van der Waals surface area (Å²) in [6.45, 7) is 6.75. The molecule has 1 aromatic heterocycles. The molecule has 0 spiro atoms. The maximum Gasteiger partial charge on any atom is 0.259 e. The van der Waals surface area contributed by atoms with Crippen LogP contribution in [0.5, 0.6) is 5.88 Å². The standard InChI is InChI=1S/C27H29F2N3O5S/c1-5-16-7-10-19(11-8-16)38(35,36)31-23-20-13-17(15-30-25(20)37-27(3,4)24(23)33)26(34)32(6-2)22-14-18(28)9-12-21(22)29/h7-15,23-24,31,33H,5-6H2,1-4H3/t23-,24+/m1/s1. The Morgan fingerprint density at radius 1 is 1.13 bits per heavy atom. The number of aliphatic hydroxyl groups excluding tert-OH is 1. The summed E-state index contributed by atoms with van der Waals surface area (Å²) in [4.78, 5) is 18.6. The first-order valence-electron chi connectivity index (χ1n) is 12.1. The molecule has 2 aromatic carbocycles. The number of sulfonamides is 1. The summed E-state index contributed by atoms with van der Waals surface area (Å²) in [6, 6.07) is 9.28. The lowest BCUT2D eigenvalue weighted by Crippen LogP contribution is -2.53. The molecule has 2 N–H and O–H groups in total. The summed E-state index contributed by atoms with van der Waals surface area (Å²) in [7, 11) is -4.10. The van der Waals surface area contributed by atoms with Gasteiger partial charge in [0.05, 0.1) is 22.2 Å². The normalized spacial score (nSPS) is 18.4. The summed E-state index contributed by atoms with van der Waals surface area (Å²) < 4.78 is 63.1. The van der Waals surface area contributed by atoms with Gasteiger partial charge in [0.25, 0.3) is 5.91 Å². The van der Waals surface area contributed by atoms with E-state index in [-0.39, 0.29) is 34.1 Å². The van der Waals surface area contributed by atoms with E-state index in [4.69, 9.17) is 4.74 Å². The second-order valence-electron chi connectivity index (χ2n) is 9.51. The van der Waals surface area contributed by atoms with Crippen LogP contribution in [0.25, 0.3) is 0 Å². The molecule has 1 aliphatic rings. The number of anilines is 1. The van der Waals surface area contributed by atoms with Crippen molar-refractivity contribution in [2.75, 3.05) is 11.4 Å². The van der Waals surface area contributed by atoms with E-state index in [0.29, 0.717) is 0 Å². The monoisotopic (exact) mass is 545 g/mol. The summed E-state index contributed by atoms with van der Waals surface area (Å²) in [5, 5.41) is 11.1. The van der Waals surface area contributed by atoms with E-state index in [0.717, 1.165) is 35.1 Å². The molecule has 0 radical (unpaired) electrons. The number of ether oxygens (including phenoxy) is 1. The zero-order valence-corrected chi connectivity index (χ0v) is 22.2. The van der Waals surface area contributed by atoms with Gasteiger partial charge in [0, 0.05) is 24.4 Å². The molecule has 0 unspecified atom stereocenters. The molecule has 0 fully saturated rings. The third kappa shape index (κ3) is 5.27. The number of aliphatic hydroxyl groups is 1. The number of benzene rings is 2. The van der Waals surface area contributed by atoms with Crippen LogP contribution in [0.2, 0.25) is 0 Å². The van der Waals surface area contributed by atoms with Crippen molar-refractivity contribution >= 4 is 21.6 Å². The fraction of sp³-hybridized carbons (Fsp3) is 0.333. The Morgan fingerprint density at radius 2 is 1.82 bits per heavy atom. The molecule has 1 amide bonds. The van der Waals surface area contributed by atoms with Gasteiger partial charge in [-0.3, -0.25) is 4.79 Å². The summed E-state index contributed by atoms with van der Waals surface area (Å²) in [6.07, 6.45) is 0.601. The van der Waals surface area contributed by atoms with Crippen LogP contribution in [-0.4, -0.2) is 42.7 Å². The average Bonchev–Trinajstić information content (AvgIpc) is 2.88. The number of carbonyl (C=O) groups excluding carboxylic acids is 1. The molecule has 0 aliphatic carbocycles. The molecule has 2 atom stereocenters. The third-order valence-electron chi connectivity index (χ3n) is 6.53. The number of hydrogen-bond acceptors (Lipinski definition) is 6. The third-order valence-corrected chi connectivity index (χ3v) is 7.99. The molecular weight excluding hydrogens is 516 g/mol. The van der Waals surface area contributed by atoms with Crippen molar-refractivity contribution < 1.29 is 31.8 Å². The van der Waals surface area contributed by atoms with E-state index >= 15 is 0 Å². The number of fused-ring (bicyclic) bond motifs is 1. The fourth-order valence-corrected chi connectivity index (χ4v) is 5.54. The van der Waals surface area contributed by atoms with E-state index in [1.54, 1.807) is 32.9 Å². The van der Waals surface area contributed by atoms with Gasteiger partial charge in [-0.05, 0) is 63.1 Å². The number of amides is 1. The molecule has 38 heavy (non-hydrogen) atoms. The smallest absolute Gasteiger partial charge is 0.259 e. The minimum Gasteiger partial charge on any atom is -0.469 e. The van der Waals surface area contributed by atoms with Gasteiger partial charge in [-0.15, -0.1) is 0 Å². The number of halogens is 2. The molecular formula is C27H29F2N3O5S. The maximum atomic E-state index is 14.4. The van der Waals surface area contributed by atoms with Crippen LogP contribution in [-0.2, 0) is 16.4 Å². The van der Waals surface area contributed by atoms with Crippen LogP contribution < -0.4 is 14.4 Å². The highest BCUT2D eigenvalue weighted by Crippen LogP contribution is 2.40. The molecule has 11 heteroatoms. The Bertz CT molecular complexity index is 1460. The van der Waals surface area contributed by atoms with Gasteiger partial charge in [0.1, 0.15) is 23.3 Å². The Kier molecular flexibility index (Phi) is 7.55. The topological polar surface area (TPSA) is 109 Å². The predicted molar refractivity (Wildman–Crippen MR) is 138 cm³/mol. The van der Waals surface area contributed by atoms with Gasteiger partial charge < -0.3 is 14.7 Å². The van der Waals surface area contributed by atoms with Crippen molar-refractivity contribution in [2.45, 2.75) is 56.8 Å². The first-order valence-corrected chi connectivity index (χ1v) is 13.6. The average molecular weight is 546 g/mol. The first-order chi connectivity index (χ1) is 17.9. The number of nitrogens with one attached hydrogen (secondary N) is 1. The van der Waals surface area contributed by atoms with Crippen molar-refractivity contribution in [1.82, 2.24) is 9.71 Å². The molecule has 0 bridgehead atoms. The highest BCUT2D eigenvalue weighted by molar-refractivity contribution is 7.89. The van der Waals surface area contributed by atoms with Crippen molar-refractivity contribution in [2.24, 2.45) is 0 Å². The minimum atomic E-state index is -4.10. The van der Waals surface area contributed by atoms with E-state index in [2.05, 4.69) is 9.71 Å². The zero-order chi connectivity index (χ0) is 27.8. The molecule has 1 aliphatic heterocycles. The largest absolute Gasteiger partial charge is 0.469 e. The van der Waals surface area contributed by atoms with Crippen LogP contribution in [0, 0.1) is 11.6 Å². The van der Waals surface area contributed by atoms with Crippen molar-refractivity contribution in [3.8, 4) is 5.88 Å². The van der Waals surface area contributed by atoms with Crippen LogP contribution in [0.15, 0.2) is 59.6 Å². The number of hydrogen-bond donors (Lipinski definition) is 2. The Balaban J connectivity index is 1.74. The lowest BCUT2D eigenvalue weighted by Gasteiger charge is -2.41. The van der Waals surface area contributed by atoms with E-state index in [9.17, 15) is 27.1 Å². The molecule has 4 rings (SSSR count). The fourth-order valence-electron chi connectivity index (χ4n) is 4.31. The van der Waals surface area contributed by atoms with Gasteiger partial charge >= 0.3 is 0 Å². The van der Waals surface area contributed by atoms with Gasteiger partial charge in [0.2, 0.25) is 15.9 Å². The van der Waals surface area contributed by atoms with Crippen LogP contribution in [0.4, 0.5) is 14.5 Å². The highest BCUT2D eigenvalue weighted by Gasteiger charge is 2.45. The lowest BCUT2D eigenvalue weighted by atomic mass is 9.88. The molecule has 0 saturated carbocycles. The predicted octanol–water partition coefficient (Wildman–Crippen LogP) is 4.14. The molecule has 202 valence electrons. The number of rotatable bonds is 7. The zero-order valence-electron chi connectivity index (χ0n) is 21.4. The van der Waals surface area contributed by atoms with Crippen LogP contribution >= 0.6 is 0 Å². The van der Waals surface area contributed by atoms with E-state index < -0.39 is 45.3 Å². The molecule has 0 saturated heterocycles. The lowest BCUT2D eigenvalue weighted by molar-refractivity contribution is -0.0632. The number of aromatic nitrogens is 1. The van der Waals surface area contributed by atoms with Gasteiger partial charge in [-0.25, -0.2) is 26.9 Å².